The quantitative estimate of drug-likeness (QED) is 0.851. The molecule has 0 radical (unpaired) electrons. The number of carbonyl (C=O) groups is 1. The van der Waals surface area contributed by atoms with E-state index in [0.717, 1.165) is 5.56 Å². The number of nitrogens with zero attached hydrogens (tertiary/aromatic N) is 1. The van der Waals surface area contributed by atoms with Gasteiger partial charge in [-0.05, 0) is 32.9 Å². The second-order valence-electron chi connectivity index (χ2n) is 5.36. The molecule has 1 heterocycles. The van der Waals surface area contributed by atoms with Crippen molar-refractivity contribution in [3.63, 3.8) is 0 Å². The molecule has 0 amide bonds. The highest BCUT2D eigenvalue weighted by atomic mass is 16.5. The van der Waals surface area contributed by atoms with Gasteiger partial charge in [0.05, 0.1) is 12.7 Å². The molecule has 0 aromatic heterocycles. The van der Waals surface area contributed by atoms with Gasteiger partial charge in [0.1, 0.15) is 6.10 Å². The predicted molar refractivity (Wildman–Crippen MR) is 74.6 cm³/mol. The summed E-state index contributed by atoms with van der Waals surface area (Å²) in [5.41, 5.74) is -2.11. The SMILES string of the molecule is COC(=O)C1(C(C)(C)O)N=C(c2ccccc2)OC1C. The summed E-state index contributed by atoms with van der Waals surface area (Å²) < 4.78 is 10.5. The maximum Gasteiger partial charge on any atom is 0.340 e. The number of aliphatic hydroxyl groups is 1. The summed E-state index contributed by atoms with van der Waals surface area (Å²) in [5, 5.41) is 10.4. The summed E-state index contributed by atoms with van der Waals surface area (Å²) in [5.74, 6) is -0.269. The minimum atomic E-state index is -1.47. The number of methoxy groups -OCH3 is 1. The van der Waals surface area contributed by atoms with Crippen molar-refractivity contribution in [1.29, 1.82) is 0 Å². The highest BCUT2D eigenvalue weighted by Crippen LogP contribution is 2.38. The smallest absolute Gasteiger partial charge is 0.340 e. The molecule has 0 saturated carbocycles. The van der Waals surface area contributed by atoms with E-state index in [1.165, 1.54) is 21.0 Å². The van der Waals surface area contributed by atoms with Gasteiger partial charge in [-0.3, -0.25) is 0 Å². The molecule has 1 aliphatic heterocycles. The molecule has 0 bridgehead atoms. The Labute approximate surface area is 118 Å². The molecule has 0 saturated heterocycles. The Hall–Kier alpha value is -1.88. The molecule has 20 heavy (non-hydrogen) atoms. The maximum absolute atomic E-state index is 12.2. The van der Waals surface area contributed by atoms with Gasteiger partial charge >= 0.3 is 5.97 Å². The molecule has 1 aromatic rings. The molecule has 108 valence electrons. The van der Waals surface area contributed by atoms with E-state index in [0.29, 0.717) is 5.90 Å². The number of rotatable bonds is 3. The van der Waals surface area contributed by atoms with Gasteiger partial charge < -0.3 is 14.6 Å². The van der Waals surface area contributed by atoms with Crippen LogP contribution >= 0.6 is 0 Å². The molecule has 1 aliphatic rings. The van der Waals surface area contributed by atoms with Gasteiger partial charge in [-0.25, -0.2) is 9.79 Å². The van der Waals surface area contributed by atoms with Crippen LogP contribution in [-0.4, -0.2) is 41.3 Å². The number of carbonyl (C=O) groups excluding carboxylic acids is 1. The Bertz CT molecular complexity index is 533. The second-order valence-corrected chi connectivity index (χ2v) is 5.36. The average Bonchev–Trinajstić information content (AvgIpc) is 2.77. The van der Waals surface area contributed by atoms with Gasteiger partial charge in [0.2, 0.25) is 11.4 Å². The van der Waals surface area contributed by atoms with Crippen molar-refractivity contribution < 1.29 is 19.4 Å². The summed E-state index contributed by atoms with van der Waals surface area (Å²) in [6.07, 6.45) is -0.620. The van der Waals surface area contributed by atoms with E-state index in [2.05, 4.69) is 4.99 Å². The van der Waals surface area contributed by atoms with Crippen molar-refractivity contribution in [3.8, 4) is 0 Å². The molecule has 5 heteroatoms. The fourth-order valence-corrected chi connectivity index (χ4v) is 2.49. The van der Waals surface area contributed by atoms with E-state index >= 15 is 0 Å². The van der Waals surface area contributed by atoms with Crippen LogP contribution in [0.1, 0.15) is 26.3 Å². The second kappa shape index (κ2) is 4.90. The van der Waals surface area contributed by atoms with Gasteiger partial charge in [0.15, 0.2) is 0 Å². The first-order valence-corrected chi connectivity index (χ1v) is 6.45. The van der Waals surface area contributed by atoms with E-state index in [1.54, 1.807) is 6.92 Å². The van der Waals surface area contributed by atoms with Crippen molar-refractivity contribution in [2.24, 2.45) is 4.99 Å². The van der Waals surface area contributed by atoms with E-state index in [4.69, 9.17) is 9.47 Å². The van der Waals surface area contributed by atoms with Gasteiger partial charge in [-0.15, -0.1) is 0 Å². The Balaban J connectivity index is 2.53. The molecule has 2 unspecified atom stereocenters. The molecule has 2 atom stereocenters. The molecular formula is C15H19NO4. The van der Waals surface area contributed by atoms with Gasteiger partial charge in [-0.1, -0.05) is 18.2 Å². The van der Waals surface area contributed by atoms with Gasteiger partial charge in [0.25, 0.3) is 0 Å². The van der Waals surface area contributed by atoms with Gasteiger partial charge in [-0.2, -0.15) is 0 Å². The summed E-state index contributed by atoms with van der Waals surface area (Å²) in [6.45, 7) is 4.76. The summed E-state index contributed by atoms with van der Waals surface area (Å²) in [6, 6.07) is 9.26. The lowest BCUT2D eigenvalue weighted by molar-refractivity contribution is -0.161. The molecule has 5 nitrogen and oxygen atoms in total. The van der Waals surface area contributed by atoms with E-state index in [9.17, 15) is 9.90 Å². The first-order valence-electron chi connectivity index (χ1n) is 6.45. The van der Waals surface area contributed by atoms with Crippen LogP contribution in [0, 0.1) is 0 Å². The lowest BCUT2D eigenvalue weighted by atomic mass is 9.79. The predicted octanol–water partition coefficient (Wildman–Crippen LogP) is 1.53. The standard InChI is InChI=1S/C15H19NO4/c1-10-15(13(17)19-4,14(2,3)18)16-12(20-10)11-8-6-5-7-9-11/h5-10,18H,1-4H3. The zero-order valence-electron chi connectivity index (χ0n) is 12.1. The normalized spacial score (nSPS) is 25.9. The minimum Gasteiger partial charge on any atom is -0.471 e. The van der Waals surface area contributed by atoms with Crippen molar-refractivity contribution in [1.82, 2.24) is 0 Å². The first-order chi connectivity index (χ1) is 9.33. The minimum absolute atomic E-state index is 0.339. The van der Waals surface area contributed by atoms with Crippen molar-refractivity contribution in [2.45, 2.75) is 38.0 Å². The molecule has 0 aliphatic carbocycles. The third-order valence-electron chi connectivity index (χ3n) is 3.60. The number of hydrogen-bond donors (Lipinski definition) is 1. The highest BCUT2D eigenvalue weighted by Gasteiger charge is 2.60. The first kappa shape index (κ1) is 14.5. The molecule has 1 aromatic carbocycles. The Kier molecular flexibility index (Phi) is 3.56. The van der Waals surface area contributed by atoms with Crippen molar-refractivity contribution in [3.05, 3.63) is 35.9 Å². The van der Waals surface area contributed by atoms with Crippen LogP contribution < -0.4 is 0 Å². The zero-order chi connectivity index (χ0) is 15.0. The number of hydrogen-bond acceptors (Lipinski definition) is 5. The Morgan fingerprint density at radius 2 is 2.00 bits per heavy atom. The monoisotopic (exact) mass is 277 g/mol. The lowest BCUT2D eigenvalue weighted by Gasteiger charge is -2.36. The van der Waals surface area contributed by atoms with Crippen LogP contribution in [0.2, 0.25) is 0 Å². The van der Waals surface area contributed by atoms with Crippen molar-refractivity contribution in [2.75, 3.05) is 7.11 Å². The fourth-order valence-electron chi connectivity index (χ4n) is 2.49. The third-order valence-corrected chi connectivity index (χ3v) is 3.60. The van der Waals surface area contributed by atoms with Crippen LogP contribution in [0.3, 0.4) is 0 Å². The topological polar surface area (TPSA) is 68.1 Å². The van der Waals surface area contributed by atoms with E-state index in [1.807, 2.05) is 30.3 Å². The summed E-state index contributed by atoms with van der Waals surface area (Å²) in [7, 11) is 1.28. The Morgan fingerprint density at radius 1 is 1.40 bits per heavy atom. The summed E-state index contributed by atoms with van der Waals surface area (Å²) in [4.78, 5) is 16.6. The molecule has 1 N–H and O–H groups in total. The highest BCUT2D eigenvalue weighted by molar-refractivity contribution is 6.00. The summed E-state index contributed by atoms with van der Waals surface area (Å²) >= 11 is 0. The third kappa shape index (κ3) is 2.08. The largest absolute Gasteiger partial charge is 0.471 e. The van der Waals surface area contributed by atoms with Crippen molar-refractivity contribution >= 4 is 11.9 Å². The molecule has 0 spiro atoms. The number of aliphatic imine (C=N–C) groups is 1. The maximum atomic E-state index is 12.2. The van der Waals surface area contributed by atoms with Crippen LogP contribution in [0.5, 0.6) is 0 Å². The zero-order valence-corrected chi connectivity index (χ0v) is 12.1. The molecular weight excluding hydrogens is 258 g/mol. The van der Waals surface area contributed by atoms with Crippen LogP contribution in [0.15, 0.2) is 35.3 Å². The van der Waals surface area contributed by atoms with Crippen LogP contribution in [0.4, 0.5) is 0 Å². The fraction of sp³-hybridized carbons (Fsp3) is 0.467. The molecule has 0 fully saturated rings. The number of benzene rings is 1. The van der Waals surface area contributed by atoms with E-state index in [-0.39, 0.29) is 0 Å². The lowest BCUT2D eigenvalue weighted by Crippen LogP contribution is -2.60. The van der Waals surface area contributed by atoms with Gasteiger partial charge in [0, 0.05) is 5.56 Å². The van der Waals surface area contributed by atoms with Crippen LogP contribution in [-0.2, 0) is 14.3 Å². The van der Waals surface area contributed by atoms with E-state index < -0.39 is 23.2 Å². The number of esters is 1. The Morgan fingerprint density at radius 3 is 2.50 bits per heavy atom. The average molecular weight is 277 g/mol. The molecule has 2 rings (SSSR count). The number of ether oxygens (including phenoxy) is 2. The van der Waals surface area contributed by atoms with Crippen LogP contribution in [0.25, 0.3) is 0 Å².